The Morgan fingerprint density at radius 2 is 1.79 bits per heavy atom. The van der Waals surface area contributed by atoms with Crippen LogP contribution in [0.2, 0.25) is 0 Å². The molecule has 52 heavy (non-hydrogen) atoms. The SMILES string of the molecule is CO/N=C(\C(=O)OC1/C(C)=C/CC2CC(CC3(CC[C@H](C)C(C)O3)O2)OC(=O)C2C=C(C)[C@@H](O)C3OC(O)/C(=C\C=C\[C@@H]1C)[C@@]23O)c1ccccc1. The third-order valence-corrected chi connectivity index (χ3v) is 11.2. The zero-order valence-electron chi connectivity index (χ0n) is 30.6. The highest BCUT2D eigenvalue weighted by Gasteiger charge is 2.63. The van der Waals surface area contributed by atoms with Crippen molar-refractivity contribution >= 4 is 17.7 Å². The minimum Gasteiger partial charge on any atom is -0.462 e. The molecular formula is C40H51NO11. The van der Waals surface area contributed by atoms with Gasteiger partial charge in [-0.15, -0.1) is 0 Å². The van der Waals surface area contributed by atoms with E-state index in [0.29, 0.717) is 42.7 Å². The first-order valence-corrected chi connectivity index (χ1v) is 18.2. The van der Waals surface area contributed by atoms with Crippen LogP contribution in [0.15, 0.2) is 82.6 Å². The van der Waals surface area contributed by atoms with Crippen molar-refractivity contribution in [2.75, 3.05) is 7.11 Å². The predicted octanol–water partition coefficient (Wildman–Crippen LogP) is 4.43. The molecule has 1 aromatic carbocycles. The van der Waals surface area contributed by atoms with Crippen LogP contribution in [0.5, 0.6) is 0 Å². The molecule has 6 rings (SSSR count). The lowest BCUT2D eigenvalue weighted by Crippen LogP contribution is -2.58. The summed E-state index contributed by atoms with van der Waals surface area (Å²) in [6.45, 7) is 9.54. The summed E-state index contributed by atoms with van der Waals surface area (Å²) in [5, 5.41) is 38.4. The number of carbonyl (C=O) groups excluding carboxylic acids is 2. The number of aliphatic hydroxyl groups is 3. The standard InChI is InChI=1S/C40H51NO11/c1-22-17-18-39(51-26(22)5)21-29-20-28(52-39)16-15-24(3)34(49-38(45)32(41-47-6)27-12-8-7-9-13-27)23(2)11-10-14-30-36(43)50-35-33(42)25(4)19-31(37(44)48-29)40(30,35)46/h7-15,19,22-23,26,28-29,31,33-36,42-43,46H,16-18,20-21H2,1-6H3/b11-10+,24-15+,30-14+,41-32-/t22-,23-,26?,28?,29?,31?,33+,34?,35?,36?,39?,40+/m0/s1. The molecule has 3 fully saturated rings. The van der Waals surface area contributed by atoms with Crippen molar-refractivity contribution in [2.45, 2.75) is 121 Å². The summed E-state index contributed by atoms with van der Waals surface area (Å²) in [6.07, 6.45) is 4.78. The Morgan fingerprint density at radius 1 is 1.04 bits per heavy atom. The number of fused-ring (bicyclic) bond motifs is 2. The number of oxime groups is 1. The van der Waals surface area contributed by atoms with Crippen LogP contribution >= 0.6 is 0 Å². The van der Waals surface area contributed by atoms with Gasteiger partial charge in [0.1, 0.15) is 43.0 Å². The molecule has 4 heterocycles. The largest absolute Gasteiger partial charge is 0.462 e. The summed E-state index contributed by atoms with van der Waals surface area (Å²) >= 11 is 0. The van der Waals surface area contributed by atoms with Crippen LogP contribution in [0.1, 0.15) is 72.3 Å². The Labute approximate surface area is 304 Å². The van der Waals surface area contributed by atoms with Gasteiger partial charge in [0.05, 0.1) is 12.2 Å². The summed E-state index contributed by atoms with van der Waals surface area (Å²) in [7, 11) is 1.36. The minimum absolute atomic E-state index is 0.00283. The van der Waals surface area contributed by atoms with Crippen LogP contribution in [-0.4, -0.2) is 94.4 Å². The third kappa shape index (κ3) is 7.42. The number of allylic oxidation sites excluding steroid dienone is 2. The van der Waals surface area contributed by atoms with Crippen molar-refractivity contribution in [3.63, 3.8) is 0 Å². The summed E-state index contributed by atoms with van der Waals surface area (Å²) in [4.78, 5) is 32.8. The number of rotatable bonds is 4. The Balaban J connectivity index is 1.41. The van der Waals surface area contributed by atoms with Crippen molar-refractivity contribution in [1.82, 2.24) is 0 Å². The Bertz CT molecular complexity index is 1650. The van der Waals surface area contributed by atoms with Gasteiger partial charge in [0.2, 0.25) is 0 Å². The van der Waals surface area contributed by atoms with Gasteiger partial charge in [0.15, 0.2) is 17.8 Å². The zero-order chi connectivity index (χ0) is 37.4. The van der Waals surface area contributed by atoms with E-state index in [2.05, 4.69) is 12.1 Å². The van der Waals surface area contributed by atoms with E-state index in [4.69, 9.17) is 28.5 Å². The van der Waals surface area contributed by atoms with Crippen molar-refractivity contribution in [1.29, 1.82) is 0 Å². The van der Waals surface area contributed by atoms with Crippen molar-refractivity contribution in [3.8, 4) is 0 Å². The van der Waals surface area contributed by atoms with Gasteiger partial charge in [0.25, 0.3) is 0 Å². The van der Waals surface area contributed by atoms with E-state index in [1.807, 2.05) is 32.9 Å². The molecule has 12 nitrogen and oxygen atoms in total. The number of aliphatic hydroxyl groups excluding tert-OH is 2. The molecule has 1 aliphatic carbocycles. The fraction of sp³-hybridized carbons (Fsp3) is 0.575. The molecule has 12 atom stereocenters. The number of nitrogens with zero attached hydrogens (tertiary/aromatic N) is 1. The molecule has 0 radical (unpaired) electrons. The van der Waals surface area contributed by atoms with Crippen LogP contribution < -0.4 is 0 Å². The van der Waals surface area contributed by atoms with Crippen molar-refractivity contribution in [3.05, 3.63) is 83.0 Å². The average Bonchev–Trinajstić information content (AvgIpc) is 3.37. The predicted molar refractivity (Wildman–Crippen MR) is 189 cm³/mol. The van der Waals surface area contributed by atoms with Crippen LogP contribution in [0.4, 0.5) is 0 Å². The molecular weight excluding hydrogens is 670 g/mol. The van der Waals surface area contributed by atoms with Gasteiger partial charge in [-0.1, -0.05) is 79.7 Å². The van der Waals surface area contributed by atoms with E-state index in [-0.39, 0.29) is 17.4 Å². The van der Waals surface area contributed by atoms with Crippen LogP contribution in [0.25, 0.3) is 0 Å². The monoisotopic (exact) mass is 721 g/mol. The molecule has 5 aliphatic rings. The van der Waals surface area contributed by atoms with E-state index < -0.39 is 72.0 Å². The molecule has 1 spiro atoms. The number of ether oxygens (including phenoxy) is 5. The molecule has 282 valence electrons. The summed E-state index contributed by atoms with van der Waals surface area (Å²) in [5.74, 6) is -3.75. The van der Waals surface area contributed by atoms with Gasteiger partial charge in [-0.3, -0.25) is 4.79 Å². The first-order chi connectivity index (χ1) is 24.8. The van der Waals surface area contributed by atoms with E-state index in [9.17, 15) is 24.9 Å². The first-order valence-electron chi connectivity index (χ1n) is 18.2. The van der Waals surface area contributed by atoms with Crippen LogP contribution in [0.3, 0.4) is 0 Å². The average molecular weight is 722 g/mol. The molecule has 8 unspecified atom stereocenters. The van der Waals surface area contributed by atoms with Gasteiger partial charge in [0, 0.05) is 36.3 Å². The first kappa shape index (κ1) is 38.1. The molecule has 2 bridgehead atoms. The van der Waals surface area contributed by atoms with Crippen molar-refractivity contribution in [2.24, 2.45) is 22.9 Å². The molecule has 12 heteroatoms. The Morgan fingerprint density at radius 3 is 2.50 bits per heavy atom. The van der Waals surface area contributed by atoms with Gasteiger partial charge >= 0.3 is 11.9 Å². The maximum Gasteiger partial charge on any atom is 0.361 e. The Kier molecular flexibility index (Phi) is 11.3. The fourth-order valence-electron chi connectivity index (χ4n) is 8.12. The number of benzene rings is 1. The highest BCUT2D eigenvalue weighted by atomic mass is 16.7. The molecule has 4 aliphatic heterocycles. The lowest BCUT2D eigenvalue weighted by molar-refractivity contribution is -0.332. The highest BCUT2D eigenvalue weighted by Crippen LogP contribution is 2.48. The van der Waals surface area contributed by atoms with Crippen LogP contribution in [0, 0.1) is 17.8 Å². The van der Waals surface area contributed by atoms with E-state index in [1.165, 1.54) is 19.3 Å². The summed E-state index contributed by atoms with van der Waals surface area (Å²) in [6, 6.07) is 8.88. The summed E-state index contributed by atoms with van der Waals surface area (Å²) in [5.41, 5.74) is -0.418. The van der Waals surface area contributed by atoms with Crippen LogP contribution in [-0.2, 0) is 38.1 Å². The normalized spacial score (nSPS) is 42.4. The zero-order valence-corrected chi connectivity index (χ0v) is 30.6. The Hall–Kier alpha value is -3.65. The van der Waals surface area contributed by atoms with Gasteiger partial charge in [-0.25, -0.2) is 4.79 Å². The van der Waals surface area contributed by atoms with E-state index in [1.54, 1.807) is 43.3 Å². The smallest absolute Gasteiger partial charge is 0.361 e. The minimum atomic E-state index is -2.11. The molecule has 0 aromatic heterocycles. The fourth-order valence-corrected chi connectivity index (χ4v) is 8.12. The third-order valence-electron chi connectivity index (χ3n) is 11.2. The van der Waals surface area contributed by atoms with Gasteiger partial charge in [-0.2, -0.15) is 0 Å². The highest BCUT2D eigenvalue weighted by molar-refractivity contribution is 6.43. The van der Waals surface area contributed by atoms with E-state index >= 15 is 0 Å². The van der Waals surface area contributed by atoms with E-state index in [0.717, 1.165) is 12.0 Å². The lowest BCUT2D eigenvalue weighted by atomic mass is 9.70. The number of esters is 2. The number of hydrogen-bond acceptors (Lipinski definition) is 12. The maximum atomic E-state index is 14.1. The quantitative estimate of drug-likeness (QED) is 0.175. The van der Waals surface area contributed by atoms with Gasteiger partial charge < -0.3 is 43.8 Å². The lowest BCUT2D eigenvalue weighted by Gasteiger charge is -2.49. The second-order valence-electron chi connectivity index (χ2n) is 14.9. The number of hydrogen-bond donors (Lipinski definition) is 3. The molecule has 3 N–H and O–H groups in total. The second-order valence-corrected chi connectivity index (χ2v) is 14.9. The molecule has 0 amide bonds. The number of carbonyl (C=O) groups is 2. The van der Waals surface area contributed by atoms with Crippen molar-refractivity contribution < 1.29 is 53.4 Å². The maximum absolute atomic E-state index is 14.1. The molecule has 3 saturated heterocycles. The second kappa shape index (κ2) is 15.4. The summed E-state index contributed by atoms with van der Waals surface area (Å²) < 4.78 is 31.3. The van der Waals surface area contributed by atoms with Gasteiger partial charge in [-0.05, 0) is 50.7 Å². The molecule has 1 aromatic rings. The topological polar surface area (TPSA) is 163 Å². The molecule has 0 saturated carbocycles.